The minimum atomic E-state index is -4.52. The molecule has 0 amide bonds. The Balaban J connectivity index is 2.12. The summed E-state index contributed by atoms with van der Waals surface area (Å²) in [5, 5.41) is 0.374. The fraction of sp³-hybridized carbons (Fsp3) is 0.176. The van der Waals surface area contributed by atoms with Crippen molar-refractivity contribution in [1.29, 1.82) is 0 Å². The van der Waals surface area contributed by atoms with Gasteiger partial charge in [-0.2, -0.15) is 21.6 Å². The lowest BCUT2D eigenvalue weighted by Gasteiger charge is -2.17. The molecule has 0 aliphatic carbocycles. The van der Waals surface area contributed by atoms with Crippen molar-refractivity contribution in [3.8, 4) is 0 Å². The van der Waals surface area contributed by atoms with Gasteiger partial charge in [0.05, 0.1) is 11.8 Å². The largest absolute Gasteiger partial charge is 0.416 e. The number of nitrogens with one attached hydrogen (secondary N) is 1. The fourth-order valence-corrected chi connectivity index (χ4v) is 3.20. The molecule has 0 radical (unpaired) electrons. The molecule has 138 valence electrons. The maximum atomic E-state index is 13.6. The van der Waals surface area contributed by atoms with Gasteiger partial charge in [0.25, 0.3) is 10.1 Å². The first-order chi connectivity index (χ1) is 12.0. The van der Waals surface area contributed by atoms with Gasteiger partial charge in [0.15, 0.2) is 0 Å². The predicted molar refractivity (Wildman–Crippen MR) is 87.5 cm³/mol. The highest BCUT2D eigenvalue weighted by Crippen LogP contribution is 2.35. The van der Waals surface area contributed by atoms with Gasteiger partial charge in [-0.15, -0.1) is 0 Å². The Bertz CT molecular complexity index is 1040. The van der Waals surface area contributed by atoms with Gasteiger partial charge < -0.3 is 4.98 Å². The number of fused-ring (bicyclic) bond motifs is 1. The second-order valence-corrected chi connectivity index (χ2v) is 7.33. The molecule has 0 fully saturated rings. The van der Waals surface area contributed by atoms with Gasteiger partial charge in [-0.05, 0) is 35.9 Å². The summed E-state index contributed by atoms with van der Waals surface area (Å²) in [4.78, 5) is 2.87. The predicted octanol–water partition coefficient (Wildman–Crippen LogP) is 4.39. The van der Waals surface area contributed by atoms with Crippen molar-refractivity contribution >= 4 is 21.0 Å². The van der Waals surface area contributed by atoms with E-state index in [4.69, 9.17) is 4.18 Å². The van der Waals surface area contributed by atoms with Crippen molar-refractivity contribution in [2.75, 3.05) is 6.26 Å². The Morgan fingerprint density at radius 3 is 2.31 bits per heavy atom. The zero-order valence-electron chi connectivity index (χ0n) is 13.3. The molecule has 0 aliphatic rings. The van der Waals surface area contributed by atoms with Crippen molar-refractivity contribution in [3.63, 3.8) is 0 Å². The first-order valence-electron chi connectivity index (χ1n) is 7.36. The number of alkyl halides is 3. The zero-order valence-corrected chi connectivity index (χ0v) is 14.2. The standard InChI is InChI=1S/C17H13F4NO3S/c1-26(23,24)25-16(10-2-4-11(5-3-10)17(19,20)21)14-9-22-15-7-6-12(18)8-13(14)15/h2-9,16,22H,1H3. The summed E-state index contributed by atoms with van der Waals surface area (Å²) < 4.78 is 80.2. The third kappa shape index (κ3) is 3.88. The summed E-state index contributed by atoms with van der Waals surface area (Å²) in [7, 11) is -3.94. The third-order valence-corrected chi connectivity index (χ3v) is 4.31. The van der Waals surface area contributed by atoms with Gasteiger partial charge in [-0.3, -0.25) is 4.18 Å². The molecular formula is C17H13F4NO3S. The van der Waals surface area contributed by atoms with Crippen molar-refractivity contribution < 1.29 is 30.2 Å². The monoisotopic (exact) mass is 387 g/mol. The topological polar surface area (TPSA) is 59.2 Å². The van der Waals surface area contributed by atoms with Crippen LogP contribution in [-0.2, 0) is 20.5 Å². The number of rotatable bonds is 4. The molecule has 2 aromatic carbocycles. The van der Waals surface area contributed by atoms with Crippen LogP contribution in [0.25, 0.3) is 10.9 Å². The average molecular weight is 387 g/mol. The highest BCUT2D eigenvalue weighted by molar-refractivity contribution is 7.86. The molecule has 0 saturated heterocycles. The number of benzene rings is 2. The molecular weight excluding hydrogens is 374 g/mol. The molecule has 1 heterocycles. The molecule has 1 aromatic heterocycles. The van der Waals surface area contributed by atoms with Gasteiger partial charge in [0, 0.05) is 22.7 Å². The molecule has 26 heavy (non-hydrogen) atoms. The summed E-state index contributed by atoms with van der Waals surface area (Å²) in [6, 6.07) is 7.84. The first-order valence-corrected chi connectivity index (χ1v) is 9.18. The Hall–Kier alpha value is -2.39. The summed E-state index contributed by atoms with van der Waals surface area (Å²) in [5.41, 5.74) is 0.151. The van der Waals surface area contributed by atoms with Gasteiger partial charge in [-0.25, -0.2) is 4.39 Å². The molecule has 1 N–H and O–H groups in total. The average Bonchev–Trinajstić information content (AvgIpc) is 2.94. The van der Waals surface area contributed by atoms with Crippen molar-refractivity contribution in [1.82, 2.24) is 4.98 Å². The van der Waals surface area contributed by atoms with Crippen molar-refractivity contribution in [2.45, 2.75) is 12.3 Å². The molecule has 9 heteroatoms. The zero-order chi connectivity index (χ0) is 19.1. The minimum absolute atomic E-state index is 0.189. The van der Waals surface area contributed by atoms with E-state index in [1.54, 1.807) is 0 Å². The normalized spacial score (nSPS) is 13.9. The van der Waals surface area contributed by atoms with Crippen LogP contribution in [0.4, 0.5) is 17.6 Å². The second-order valence-electron chi connectivity index (χ2n) is 5.73. The molecule has 0 spiro atoms. The van der Waals surface area contributed by atoms with Gasteiger partial charge in [0.1, 0.15) is 11.9 Å². The van der Waals surface area contributed by atoms with Crippen LogP contribution in [0.3, 0.4) is 0 Å². The number of aromatic nitrogens is 1. The number of hydrogen-bond donors (Lipinski definition) is 1. The van der Waals surface area contributed by atoms with Gasteiger partial charge in [-0.1, -0.05) is 12.1 Å². The fourth-order valence-electron chi connectivity index (χ4n) is 2.64. The van der Waals surface area contributed by atoms with Crippen LogP contribution in [-0.4, -0.2) is 19.7 Å². The van der Waals surface area contributed by atoms with E-state index in [2.05, 4.69) is 4.98 Å². The maximum Gasteiger partial charge on any atom is 0.416 e. The molecule has 0 bridgehead atoms. The molecule has 4 nitrogen and oxygen atoms in total. The van der Waals surface area contributed by atoms with E-state index in [-0.39, 0.29) is 5.56 Å². The summed E-state index contributed by atoms with van der Waals surface area (Å²) >= 11 is 0. The number of halogens is 4. The van der Waals surface area contributed by atoms with Crippen LogP contribution in [0.2, 0.25) is 0 Å². The summed E-state index contributed by atoms with van der Waals surface area (Å²) in [6.45, 7) is 0. The van der Waals surface area contributed by atoms with E-state index in [1.165, 1.54) is 24.4 Å². The third-order valence-electron chi connectivity index (χ3n) is 3.77. The Morgan fingerprint density at radius 2 is 1.73 bits per heavy atom. The van der Waals surface area contributed by atoms with E-state index in [0.717, 1.165) is 30.5 Å². The Labute approximate surface area is 146 Å². The number of aromatic amines is 1. The lowest BCUT2D eigenvalue weighted by molar-refractivity contribution is -0.137. The van der Waals surface area contributed by atoms with Gasteiger partial charge >= 0.3 is 6.18 Å². The van der Waals surface area contributed by atoms with Crippen LogP contribution < -0.4 is 0 Å². The van der Waals surface area contributed by atoms with E-state index in [9.17, 15) is 26.0 Å². The van der Waals surface area contributed by atoms with E-state index in [1.807, 2.05) is 0 Å². The van der Waals surface area contributed by atoms with Crippen LogP contribution in [0, 0.1) is 5.82 Å². The van der Waals surface area contributed by atoms with Crippen LogP contribution >= 0.6 is 0 Å². The maximum absolute atomic E-state index is 13.6. The lowest BCUT2D eigenvalue weighted by Crippen LogP contribution is -2.12. The second kappa shape index (κ2) is 6.40. The highest BCUT2D eigenvalue weighted by Gasteiger charge is 2.31. The van der Waals surface area contributed by atoms with E-state index >= 15 is 0 Å². The highest BCUT2D eigenvalue weighted by atomic mass is 32.2. The van der Waals surface area contributed by atoms with E-state index in [0.29, 0.717) is 16.5 Å². The summed E-state index contributed by atoms with van der Waals surface area (Å²) in [5.74, 6) is -0.538. The smallest absolute Gasteiger partial charge is 0.361 e. The summed E-state index contributed by atoms with van der Waals surface area (Å²) in [6.07, 6.45) is -3.46. The number of hydrogen-bond acceptors (Lipinski definition) is 3. The lowest BCUT2D eigenvalue weighted by atomic mass is 9.99. The Morgan fingerprint density at radius 1 is 1.08 bits per heavy atom. The minimum Gasteiger partial charge on any atom is -0.361 e. The molecule has 3 aromatic rings. The quantitative estimate of drug-likeness (QED) is 0.534. The molecule has 1 unspecified atom stereocenters. The van der Waals surface area contributed by atoms with E-state index < -0.39 is 33.8 Å². The number of H-pyrrole nitrogens is 1. The van der Waals surface area contributed by atoms with Crippen LogP contribution in [0.15, 0.2) is 48.7 Å². The van der Waals surface area contributed by atoms with Gasteiger partial charge in [0.2, 0.25) is 0 Å². The van der Waals surface area contributed by atoms with Crippen LogP contribution in [0.5, 0.6) is 0 Å². The van der Waals surface area contributed by atoms with Crippen molar-refractivity contribution in [2.24, 2.45) is 0 Å². The molecule has 3 rings (SSSR count). The van der Waals surface area contributed by atoms with Crippen molar-refractivity contribution in [3.05, 3.63) is 71.2 Å². The molecule has 0 aliphatic heterocycles. The molecule has 1 atom stereocenters. The Kier molecular flexibility index (Phi) is 4.53. The SMILES string of the molecule is CS(=O)(=O)OC(c1ccc(C(F)(F)F)cc1)c1c[nH]c2ccc(F)cc12. The molecule has 0 saturated carbocycles. The van der Waals surface area contributed by atoms with Crippen LogP contribution in [0.1, 0.15) is 22.8 Å². The first kappa shape index (κ1) is 18.4.